The molecule has 5 heteroatoms. The zero-order valence-electron chi connectivity index (χ0n) is 15.6. The Morgan fingerprint density at radius 3 is 2.56 bits per heavy atom. The average Bonchev–Trinajstić information content (AvgIpc) is 2.67. The Hall–Kier alpha value is -3.34. The first kappa shape index (κ1) is 18.5. The molecule has 1 aromatic heterocycles. The number of hydrogen-bond acceptors (Lipinski definition) is 5. The summed E-state index contributed by atoms with van der Waals surface area (Å²) in [7, 11) is 1.63. The Bertz CT molecular complexity index is 995. The van der Waals surface area contributed by atoms with Crippen molar-refractivity contribution in [3.8, 4) is 17.2 Å². The van der Waals surface area contributed by atoms with Gasteiger partial charge in [0.1, 0.15) is 11.3 Å². The largest absolute Gasteiger partial charge is 0.494 e. The van der Waals surface area contributed by atoms with Gasteiger partial charge in [0.2, 0.25) is 0 Å². The molecule has 3 rings (SSSR count). The first-order valence-corrected chi connectivity index (χ1v) is 8.68. The van der Waals surface area contributed by atoms with E-state index >= 15 is 0 Å². The van der Waals surface area contributed by atoms with Crippen molar-refractivity contribution >= 4 is 29.0 Å². The molecular formula is C22H21NO4. The Morgan fingerprint density at radius 2 is 1.81 bits per heavy atom. The van der Waals surface area contributed by atoms with Gasteiger partial charge < -0.3 is 14.2 Å². The number of pyridine rings is 1. The molecule has 0 N–H and O–H groups in total. The molecular weight excluding hydrogens is 342 g/mol. The van der Waals surface area contributed by atoms with Crippen LogP contribution in [0, 0.1) is 0 Å². The summed E-state index contributed by atoms with van der Waals surface area (Å²) >= 11 is 0. The molecule has 27 heavy (non-hydrogen) atoms. The summed E-state index contributed by atoms with van der Waals surface area (Å²) in [5.41, 5.74) is 2.30. The topological polar surface area (TPSA) is 57.6 Å². The van der Waals surface area contributed by atoms with Crippen LogP contribution in [-0.2, 0) is 4.79 Å². The van der Waals surface area contributed by atoms with E-state index in [2.05, 4.69) is 4.98 Å². The zero-order valence-corrected chi connectivity index (χ0v) is 15.6. The number of nitrogens with zero attached hydrogens (tertiary/aromatic N) is 1. The van der Waals surface area contributed by atoms with Crippen LogP contribution in [0.1, 0.15) is 25.1 Å². The van der Waals surface area contributed by atoms with Gasteiger partial charge in [-0.2, -0.15) is 0 Å². The highest BCUT2D eigenvalue weighted by Crippen LogP contribution is 2.33. The lowest BCUT2D eigenvalue weighted by Gasteiger charge is -2.12. The normalized spacial score (nSPS) is 10.9. The van der Waals surface area contributed by atoms with Crippen molar-refractivity contribution in [3.05, 3.63) is 59.8 Å². The molecule has 0 saturated carbocycles. The maximum Gasteiger partial charge on any atom is 0.308 e. The molecule has 1 heterocycles. The van der Waals surface area contributed by atoms with Gasteiger partial charge in [-0.25, -0.2) is 4.98 Å². The van der Waals surface area contributed by atoms with E-state index in [-0.39, 0.29) is 0 Å². The van der Waals surface area contributed by atoms with Crippen LogP contribution in [0.15, 0.2) is 48.5 Å². The highest BCUT2D eigenvalue weighted by molar-refractivity contribution is 5.86. The molecule has 0 radical (unpaired) electrons. The molecule has 3 aromatic rings. The molecule has 138 valence electrons. The predicted octanol–water partition coefficient (Wildman–Crippen LogP) is 4.74. The average molecular weight is 363 g/mol. The van der Waals surface area contributed by atoms with Crippen LogP contribution in [0.25, 0.3) is 23.1 Å². The van der Waals surface area contributed by atoms with Gasteiger partial charge >= 0.3 is 5.97 Å². The summed E-state index contributed by atoms with van der Waals surface area (Å²) in [5, 5.41) is 1.01. The number of fused-ring (bicyclic) bond motifs is 1. The maximum atomic E-state index is 11.5. The number of esters is 1. The second kappa shape index (κ2) is 8.36. The third-order valence-electron chi connectivity index (χ3n) is 3.91. The minimum Gasteiger partial charge on any atom is -0.494 e. The molecule has 0 aliphatic heterocycles. The third-order valence-corrected chi connectivity index (χ3v) is 3.91. The van der Waals surface area contributed by atoms with Crippen molar-refractivity contribution in [1.29, 1.82) is 0 Å². The van der Waals surface area contributed by atoms with Gasteiger partial charge in [0, 0.05) is 17.9 Å². The number of carbonyl (C=O) groups excluding carboxylic acids is 1. The zero-order chi connectivity index (χ0) is 19.2. The maximum absolute atomic E-state index is 11.5. The predicted molar refractivity (Wildman–Crippen MR) is 106 cm³/mol. The second-order valence-electron chi connectivity index (χ2n) is 5.80. The van der Waals surface area contributed by atoms with Gasteiger partial charge in [0.05, 0.1) is 19.4 Å². The van der Waals surface area contributed by atoms with E-state index in [0.29, 0.717) is 18.1 Å². The fraction of sp³-hybridized carbons (Fsp3) is 0.182. The van der Waals surface area contributed by atoms with E-state index in [1.54, 1.807) is 13.2 Å². The summed E-state index contributed by atoms with van der Waals surface area (Å²) in [4.78, 5) is 16.1. The molecule has 0 atom stereocenters. The van der Waals surface area contributed by atoms with Crippen LogP contribution < -0.4 is 14.2 Å². The molecule has 0 aliphatic carbocycles. The van der Waals surface area contributed by atoms with E-state index in [1.165, 1.54) is 6.92 Å². The molecule has 0 spiro atoms. The summed E-state index contributed by atoms with van der Waals surface area (Å²) in [6.45, 7) is 3.73. The lowest BCUT2D eigenvalue weighted by Crippen LogP contribution is -2.05. The lowest BCUT2D eigenvalue weighted by molar-refractivity contribution is -0.132. The van der Waals surface area contributed by atoms with Crippen molar-refractivity contribution < 1.29 is 19.0 Å². The van der Waals surface area contributed by atoms with Gasteiger partial charge in [-0.15, -0.1) is 0 Å². The number of carbonyl (C=O) groups is 1. The Kier molecular flexibility index (Phi) is 5.71. The van der Waals surface area contributed by atoms with Crippen molar-refractivity contribution in [2.45, 2.75) is 13.8 Å². The van der Waals surface area contributed by atoms with Gasteiger partial charge in [-0.3, -0.25) is 4.79 Å². The number of benzene rings is 2. The number of methoxy groups -OCH3 is 1. The minimum absolute atomic E-state index is 0.398. The van der Waals surface area contributed by atoms with Crippen LogP contribution >= 0.6 is 0 Å². The van der Waals surface area contributed by atoms with Crippen LogP contribution in [0.3, 0.4) is 0 Å². The molecule has 2 aromatic carbocycles. The van der Waals surface area contributed by atoms with Crippen molar-refractivity contribution in [3.63, 3.8) is 0 Å². The Morgan fingerprint density at radius 1 is 1.04 bits per heavy atom. The molecule has 0 fully saturated rings. The monoisotopic (exact) mass is 363 g/mol. The number of hydrogen-bond donors (Lipinski definition) is 0. The fourth-order valence-electron chi connectivity index (χ4n) is 2.75. The smallest absolute Gasteiger partial charge is 0.308 e. The Labute approximate surface area is 158 Å². The molecule has 0 aliphatic rings. The minimum atomic E-state index is -0.398. The van der Waals surface area contributed by atoms with E-state index in [1.807, 2.05) is 61.5 Å². The van der Waals surface area contributed by atoms with Crippen LogP contribution in [0.2, 0.25) is 0 Å². The molecule has 0 amide bonds. The van der Waals surface area contributed by atoms with Crippen molar-refractivity contribution in [2.24, 2.45) is 0 Å². The number of aromatic nitrogens is 1. The first-order chi connectivity index (χ1) is 13.1. The Balaban J connectivity index is 1.99. The first-order valence-electron chi connectivity index (χ1n) is 8.68. The van der Waals surface area contributed by atoms with Gasteiger partial charge in [0.25, 0.3) is 0 Å². The third kappa shape index (κ3) is 4.26. The standard InChI is InChI=1S/C22H21NO4/c1-4-26-20-10-6-8-17(22(20)27-15(2)24)12-14-18-13-11-16-7-5-9-19(25-3)21(16)23-18/h5-14H,4H2,1-3H3. The van der Waals surface area contributed by atoms with E-state index < -0.39 is 5.97 Å². The fourth-order valence-corrected chi connectivity index (χ4v) is 2.75. The molecule has 0 unspecified atom stereocenters. The highest BCUT2D eigenvalue weighted by Gasteiger charge is 2.11. The van der Waals surface area contributed by atoms with Gasteiger partial charge in [0.15, 0.2) is 11.5 Å². The molecule has 0 saturated heterocycles. The summed E-state index contributed by atoms with van der Waals surface area (Å²) < 4.78 is 16.3. The van der Waals surface area contributed by atoms with Gasteiger partial charge in [-0.1, -0.05) is 30.3 Å². The summed E-state index contributed by atoms with van der Waals surface area (Å²) in [5.74, 6) is 1.26. The van der Waals surface area contributed by atoms with E-state index in [0.717, 1.165) is 27.9 Å². The van der Waals surface area contributed by atoms with E-state index in [9.17, 15) is 4.79 Å². The van der Waals surface area contributed by atoms with Crippen molar-refractivity contribution in [2.75, 3.05) is 13.7 Å². The van der Waals surface area contributed by atoms with Crippen LogP contribution in [0.4, 0.5) is 0 Å². The molecule has 0 bridgehead atoms. The number of rotatable bonds is 6. The quantitative estimate of drug-likeness (QED) is 0.468. The van der Waals surface area contributed by atoms with Crippen LogP contribution in [0.5, 0.6) is 17.2 Å². The van der Waals surface area contributed by atoms with E-state index in [4.69, 9.17) is 14.2 Å². The lowest BCUT2D eigenvalue weighted by atomic mass is 10.1. The van der Waals surface area contributed by atoms with Crippen molar-refractivity contribution in [1.82, 2.24) is 4.98 Å². The van der Waals surface area contributed by atoms with Gasteiger partial charge in [-0.05, 0) is 37.3 Å². The molecule has 5 nitrogen and oxygen atoms in total. The summed E-state index contributed by atoms with van der Waals surface area (Å²) in [6, 6.07) is 15.2. The second-order valence-corrected chi connectivity index (χ2v) is 5.80. The number of ether oxygens (including phenoxy) is 3. The SMILES string of the molecule is CCOc1cccc(C=Cc2ccc3cccc(OC)c3n2)c1OC(C)=O. The highest BCUT2D eigenvalue weighted by atomic mass is 16.6. The summed E-state index contributed by atoms with van der Waals surface area (Å²) in [6.07, 6.45) is 3.72. The number of para-hydroxylation sites is 2. The van der Waals surface area contributed by atoms with Crippen LogP contribution in [-0.4, -0.2) is 24.7 Å².